The highest BCUT2D eigenvalue weighted by Crippen LogP contribution is 2.44. The lowest BCUT2D eigenvalue weighted by Crippen LogP contribution is -2.53. The van der Waals surface area contributed by atoms with Crippen molar-refractivity contribution in [3.63, 3.8) is 0 Å². The number of amides is 2. The number of aliphatic carboxylic acids is 1. The van der Waals surface area contributed by atoms with Gasteiger partial charge in [-0.2, -0.15) is 0 Å². The third-order valence-corrected chi connectivity index (χ3v) is 6.79. The summed E-state index contributed by atoms with van der Waals surface area (Å²) >= 11 is 0. The van der Waals surface area contributed by atoms with Crippen molar-refractivity contribution in [3.05, 3.63) is 59.7 Å². The zero-order valence-electron chi connectivity index (χ0n) is 23.2. The third-order valence-electron chi connectivity index (χ3n) is 6.79. The molecule has 3 rings (SSSR count). The Morgan fingerprint density at radius 3 is 2.03 bits per heavy atom. The first-order valence-corrected chi connectivity index (χ1v) is 13.3. The number of esters is 1. The molecule has 0 radical (unpaired) electrons. The van der Waals surface area contributed by atoms with Gasteiger partial charge >= 0.3 is 18.0 Å². The minimum atomic E-state index is -1.20. The highest BCUT2D eigenvalue weighted by molar-refractivity contribution is 5.89. The van der Waals surface area contributed by atoms with E-state index in [2.05, 4.69) is 10.6 Å². The first-order chi connectivity index (χ1) is 18.4. The van der Waals surface area contributed by atoms with Crippen LogP contribution in [-0.4, -0.2) is 53.3 Å². The molecule has 0 unspecified atom stereocenters. The van der Waals surface area contributed by atoms with Gasteiger partial charge in [-0.05, 0) is 55.4 Å². The fraction of sp³-hybridized carbons (Fsp3) is 0.467. The molecule has 0 aliphatic heterocycles. The molecule has 0 fully saturated rings. The Balaban J connectivity index is 1.71. The molecule has 2 aromatic carbocycles. The molecule has 0 saturated carbocycles. The third kappa shape index (κ3) is 7.81. The lowest BCUT2D eigenvalue weighted by Gasteiger charge is -2.25. The summed E-state index contributed by atoms with van der Waals surface area (Å²) in [5, 5.41) is 14.6. The highest BCUT2D eigenvalue weighted by atomic mass is 16.6. The van der Waals surface area contributed by atoms with E-state index in [9.17, 15) is 24.3 Å². The van der Waals surface area contributed by atoms with Gasteiger partial charge in [-0.1, -0.05) is 68.8 Å². The quantitative estimate of drug-likeness (QED) is 0.356. The maximum absolute atomic E-state index is 13.1. The van der Waals surface area contributed by atoms with Crippen LogP contribution in [0.3, 0.4) is 0 Å². The lowest BCUT2D eigenvalue weighted by molar-refractivity contribution is -0.155. The number of rotatable bonds is 11. The molecule has 2 aromatic rings. The monoisotopic (exact) mass is 538 g/mol. The largest absolute Gasteiger partial charge is 0.480 e. The van der Waals surface area contributed by atoms with Gasteiger partial charge in [-0.15, -0.1) is 0 Å². The number of carboxylic acid groups (broad SMARTS) is 1. The van der Waals surface area contributed by atoms with Crippen molar-refractivity contribution >= 4 is 23.9 Å². The summed E-state index contributed by atoms with van der Waals surface area (Å²) < 4.78 is 10.9. The molecule has 3 N–H and O–H groups in total. The molecular formula is C30H38N2O7. The Morgan fingerprint density at radius 1 is 0.949 bits per heavy atom. The summed E-state index contributed by atoms with van der Waals surface area (Å²) in [6, 6.07) is 13.5. The van der Waals surface area contributed by atoms with E-state index in [4.69, 9.17) is 9.47 Å². The van der Waals surface area contributed by atoms with Gasteiger partial charge in [-0.25, -0.2) is 9.59 Å². The number of nitrogens with one attached hydrogen (secondary N) is 2. The Kier molecular flexibility index (Phi) is 9.72. The standard InChI is InChI=1S/C30H38N2O7/c1-6-18(2)26(28(35)36)32-27(34)24(15-16-25(33)39-30(3,4)5)31-29(37)38-17-23-21-13-9-7-11-19(21)20-12-8-10-14-22(20)23/h7-14,18,23-24,26H,6,15-17H2,1-5H3,(H,31,37)(H,32,34)(H,35,36)/t18-,24-,26-/m0/s1. The minimum absolute atomic E-state index is 0.0465. The number of alkyl carbamates (subject to hydrolysis) is 1. The number of carbonyl (C=O) groups is 4. The van der Waals surface area contributed by atoms with Gasteiger partial charge in [0.25, 0.3) is 0 Å². The number of ether oxygens (including phenoxy) is 2. The molecule has 39 heavy (non-hydrogen) atoms. The molecule has 210 valence electrons. The first kappa shape index (κ1) is 29.7. The summed E-state index contributed by atoms with van der Waals surface area (Å²) in [5.41, 5.74) is 3.55. The van der Waals surface area contributed by atoms with E-state index in [1.165, 1.54) is 0 Å². The Hall–Kier alpha value is -3.88. The average Bonchev–Trinajstić information content (AvgIpc) is 3.20. The summed E-state index contributed by atoms with van der Waals surface area (Å²) in [5.74, 6) is -2.93. The number of carboxylic acids is 1. The minimum Gasteiger partial charge on any atom is -0.480 e. The van der Waals surface area contributed by atoms with Crippen LogP contribution in [0.25, 0.3) is 11.1 Å². The van der Waals surface area contributed by atoms with E-state index < -0.39 is 41.6 Å². The molecule has 0 saturated heterocycles. The summed E-state index contributed by atoms with van der Waals surface area (Å²) in [4.78, 5) is 50.0. The Morgan fingerprint density at radius 2 is 1.51 bits per heavy atom. The van der Waals surface area contributed by atoms with E-state index >= 15 is 0 Å². The van der Waals surface area contributed by atoms with Gasteiger partial charge in [0.1, 0.15) is 24.3 Å². The van der Waals surface area contributed by atoms with Gasteiger partial charge in [0, 0.05) is 12.3 Å². The van der Waals surface area contributed by atoms with E-state index in [0.717, 1.165) is 22.3 Å². The van der Waals surface area contributed by atoms with Crippen LogP contribution < -0.4 is 10.6 Å². The molecule has 2 amide bonds. The first-order valence-electron chi connectivity index (χ1n) is 13.3. The smallest absolute Gasteiger partial charge is 0.407 e. The van der Waals surface area contributed by atoms with Crippen molar-refractivity contribution in [2.24, 2.45) is 5.92 Å². The SMILES string of the molecule is CC[C@H](C)[C@H](NC(=O)[C@H](CCC(=O)OC(C)(C)C)NC(=O)OCC1c2ccccc2-c2ccccc21)C(=O)O. The lowest BCUT2D eigenvalue weighted by atomic mass is 9.98. The zero-order valence-corrected chi connectivity index (χ0v) is 23.2. The molecule has 0 heterocycles. The van der Waals surface area contributed by atoms with Crippen molar-refractivity contribution in [1.82, 2.24) is 10.6 Å². The highest BCUT2D eigenvalue weighted by Gasteiger charge is 2.32. The topological polar surface area (TPSA) is 131 Å². The Labute approximate surface area is 229 Å². The molecule has 1 aliphatic rings. The van der Waals surface area contributed by atoms with Gasteiger partial charge in [0.2, 0.25) is 5.91 Å². The van der Waals surface area contributed by atoms with E-state index in [-0.39, 0.29) is 31.3 Å². The zero-order chi connectivity index (χ0) is 28.7. The second-order valence-corrected chi connectivity index (χ2v) is 10.9. The fourth-order valence-corrected chi connectivity index (χ4v) is 4.64. The van der Waals surface area contributed by atoms with Gasteiger partial charge in [0.15, 0.2) is 0 Å². The van der Waals surface area contributed by atoms with Gasteiger partial charge in [-0.3, -0.25) is 9.59 Å². The van der Waals surface area contributed by atoms with Crippen LogP contribution in [0.5, 0.6) is 0 Å². The van der Waals surface area contributed by atoms with Crippen molar-refractivity contribution in [2.45, 2.75) is 77.5 Å². The van der Waals surface area contributed by atoms with Crippen LogP contribution in [0.2, 0.25) is 0 Å². The van der Waals surface area contributed by atoms with Crippen molar-refractivity contribution in [3.8, 4) is 11.1 Å². The van der Waals surface area contributed by atoms with Crippen LogP contribution in [0.4, 0.5) is 4.79 Å². The van der Waals surface area contributed by atoms with Crippen molar-refractivity contribution < 1.29 is 33.8 Å². The average molecular weight is 539 g/mol. The van der Waals surface area contributed by atoms with Gasteiger partial charge in [0.05, 0.1) is 0 Å². The summed E-state index contributed by atoms with van der Waals surface area (Å²) in [6.45, 7) is 8.77. The molecule has 0 spiro atoms. The maximum Gasteiger partial charge on any atom is 0.407 e. The second-order valence-electron chi connectivity index (χ2n) is 10.9. The van der Waals surface area contributed by atoms with E-state index in [1.54, 1.807) is 27.7 Å². The fourth-order valence-electron chi connectivity index (χ4n) is 4.64. The molecule has 0 bridgehead atoms. The van der Waals surface area contributed by atoms with Crippen LogP contribution in [0.15, 0.2) is 48.5 Å². The normalized spacial score (nSPS) is 14.8. The molecule has 9 heteroatoms. The Bertz CT molecular complexity index is 1160. The summed E-state index contributed by atoms with van der Waals surface area (Å²) in [7, 11) is 0. The van der Waals surface area contributed by atoms with Crippen molar-refractivity contribution in [1.29, 1.82) is 0 Å². The molecular weight excluding hydrogens is 500 g/mol. The van der Waals surface area contributed by atoms with Crippen LogP contribution in [-0.2, 0) is 23.9 Å². The predicted molar refractivity (Wildman–Crippen MR) is 146 cm³/mol. The molecule has 3 atom stereocenters. The van der Waals surface area contributed by atoms with E-state index in [0.29, 0.717) is 6.42 Å². The van der Waals surface area contributed by atoms with Crippen molar-refractivity contribution in [2.75, 3.05) is 6.61 Å². The van der Waals surface area contributed by atoms with Crippen LogP contribution in [0, 0.1) is 5.92 Å². The molecule has 9 nitrogen and oxygen atoms in total. The van der Waals surface area contributed by atoms with Gasteiger partial charge < -0.3 is 25.2 Å². The number of benzene rings is 2. The predicted octanol–water partition coefficient (Wildman–Crippen LogP) is 4.63. The second kappa shape index (κ2) is 12.8. The maximum atomic E-state index is 13.1. The molecule has 0 aromatic heterocycles. The number of carbonyl (C=O) groups excluding carboxylic acids is 3. The number of fused-ring (bicyclic) bond motifs is 3. The van der Waals surface area contributed by atoms with E-state index in [1.807, 2.05) is 55.5 Å². The molecule has 1 aliphatic carbocycles. The van der Waals surface area contributed by atoms with Crippen LogP contribution in [0.1, 0.15) is 70.9 Å². The summed E-state index contributed by atoms with van der Waals surface area (Å²) in [6.07, 6.45) is -0.547. The number of hydrogen-bond donors (Lipinski definition) is 3. The number of hydrogen-bond acceptors (Lipinski definition) is 6. The van der Waals surface area contributed by atoms with Crippen LogP contribution >= 0.6 is 0 Å².